The van der Waals surface area contributed by atoms with Crippen LogP contribution in [0.4, 0.5) is 16.2 Å². The summed E-state index contributed by atoms with van der Waals surface area (Å²) in [5, 5.41) is 6.45. The molecule has 0 amide bonds. The summed E-state index contributed by atoms with van der Waals surface area (Å²) >= 11 is 0. The van der Waals surface area contributed by atoms with Crippen molar-refractivity contribution in [1.29, 1.82) is 0 Å². The highest BCUT2D eigenvalue weighted by Crippen LogP contribution is 2.30. The Morgan fingerprint density at radius 1 is 1.19 bits per heavy atom. The van der Waals surface area contributed by atoms with Gasteiger partial charge in [-0.25, -0.2) is 24.3 Å². The van der Waals surface area contributed by atoms with E-state index in [2.05, 4.69) is 60.9 Å². The zero-order chi connectivity index (χ0) is 25.9. The molecule has 1 atom stereocenters. The molecular weight excluding hydrogens is 471 g/mol. The molecule has 0 saturated carbocycles. The predicted molar refractivity (Wildman–Crippen MR) is 142 cm³/mol. The molecule has 3 aromatic heterocycles. The zero-order valence-corrected chi connectivity index (χ0v) is 21.7. The Morgan fingerprint density at radius 3 is 2.73 bits per heavy atom. The second kappa shape index (κ2) is 10.9. The molecule has 4 heterocycles. The number of morpholine rings is 1. The first-order chi connectivity index (χ1) is 17.9. The minimum Gasteiger partial charge on any atom is -0.374 e. The molecule has 5 rings (SSSR count). The van der Waals surface area contributed by atoms with Crippen LogP contribution in [0.2, 0.25) is 0 Å². The Hall–Kier alpha value is -3.47. The van der Waals surface area contributed by atoms with Crippen LogP contribution in [-0.2, 0) is 11.3 Å². The van der Waals surface area contributed by atoms with E-state index in [1.54, 1.807) is 18.5 Å². The SMILES string of the molecule is Cc1nc2ccc(-c3cc(Nc4ncc(CN(C)CC5CNCCO5)cn4)ncc3F)cc2n1C(C)C. The number of anilines is 2. The van der Waals surface area contributed by atoms with Crippen LogP contribution in [-0.4, -0.2) is 68.8 Å². The third kappa shape index (κ3) is 5.76. The Morgan fingerprint density at radius 2 is 2.00 bits per heavy atom. The molecule has 1 aliphatic rings. The molecule has 10 heteroatoms. The summed E-state index contributed by atoms with van der Waals surface area (Å²) in [6.07, 6.45) is 4.99. The first kappa shape index (κ1) is 25.2. The fourth-order valence-electron chi connectivity index (χ4n) is 4.84. The minimum absolute atomic E-state index is 0.190. The number of hydrogen-bond acceptors (Lipinski definition) is 8. The van der Waals surface area contributed by atoms with Gasteiger partial charge in [-0.15, -0.1) is 0 Å². The maximum Gasteiger partial charge on any atom is 0.228 e. The van der Waals surface area contributed by atoms with Gasteiger partial charge in [0.2, 0.25) is 5.95 Å². The fourth-order valence-corrected chi connectivity index (χ4v) is 4.84. The number of pyridine rings is 1. The van der Waals surface area contributed by atoms with Crippen LogP contribution in [0.1, 0.15) is 31.3 Å². The van der Waals surface area contributed by atoms with E-state index in [0.29, 0.717) is 23.9 Å². The van der Waals surface area contributed by atoms with E-state index in [4.69, 9.17) is 4.74 Å². The number of likely N-dealkylation sites (N-methyl/N-ethyl adjacent to an activating group) is 1. The molecule has 1 unspecified atom stereocenters. The number of hydrogen-bond donors (Lipinski definition) is 2. The van der Waals surface area contributed by atoms with E-state index >= 15 is 0 Å². The maximum absolute atomic E-state index is 14.8. The molecule has 2 N–H and O–H groups in total. The number of benzene rings is 1. The molecule has 37 heavy (non-hydrogen) atoms. The van der Waals surface area contributed by atoms with Crippen LogP contribution in [0.15, 0.2) is 42.9 Å². The van der Waals surface area contributed by atoms with E-state index in [1.165, 1.54) is 6.20 Å². The van der Waals surface area contributed by atoms with Crippen LogP contribution < -0.4 is 10.6 Å². The van der Waals surface area contributed by atoms with Gasteiger partial charge >= 0.3 is 0 Å². The molecular formula is C27H33FN8O. The lowest BCUT2D eigenvalue weighted by Gasteiger charge is -2.27. The molecule has 1 fully saturated rings. The summed E-state index contributed by atoms with van der Waals surface area (Å²) in [4.78, 5) is 19.9. The van der Waals surface area contributed by atoms with Crippen LogP contribution in [0, 0.1) is 12.7 Å². The van der Waals surface area contributed by atoms with Crippen LogP contribution in [0.5, 0.6) is 0 Å². The number of ether oxygens (including phenoxy) is 1. The standard InChI is InChI=1S/C27H33FN8O/c1-17(2)36-18(3)33-24-6-5-20(9-25(24)36)22-10-26(30-14-23(22)28)34-27-31-11-19(12-32-27)15-35(4)16-21-13-29-7-8-37-21/h5-6,9-12,14,17,21,29H,7-8,13,15-16H2,1-4H3,(H,30,31,32,34). The van der Waals surface area contributed by atoms with E-state index < -0.39 is 5.82 Å². The monoisotopic (exact) mass is 504 g/mol. The average Bonchev–Trinajstić information content (AvgIpc) is 3.22. The number of rotatable bonds is 8. The van der Waals surface area contributed by atoms with Crippen molar-refractivity contribution in [2.75, 3.05) is 38.6 Å². The van der Waals surface area contributed by atoms with Gasteiger partial charge in [-0.05, 0) is 51.6 Å². The zero-order valence-electron chi connectivity index (χ0n) is 21.7. The minimum atomic E-state index is -0.395. The summed E-state index contributed by atoms with van der Waals surface area (Å²) in [5.74, 6) is 1.41. The molecule has 0 spiro atoms. The van der Waals surface area contributed by atoms with Gasteiger partial charge in [0.05, 0.1) is 29.9 Å². The quantitative estimate of drug-likeness (QED) is 0.371. The third-order valence-electron chi connectivity index (χ3n) is 6.47. The lowest BCUT2D eigenvalue weighted by atomic mass is 10.1. The van der Waals surface area contributed by atoms with Crippen molar-refractivity contribution in [3.05, 3.63) is 60.1 Å². The van der Waals surface area contributed by atoms with E-state index in [1.807, 2.05) is 25.1 Å². The molecule has 1 aliphatic heterocycles. The smallest absolute Gasteiger partial charge is 0.228 e. The van der Waals surface area contributed by atoms with Crippen molar-refractivity contribution in [1.82, 2.24) is 34.7 Å². The lowest BCUT2D eigenvalue weighted by molar-refractivity contribution is 0.00882. The molecule has 1 saturated heterocycles. The summed E-state index contributed by atoms with van der Waals surface area (Å²) < 4.78 is 22.8. The van der Waals surface area contributed by atoms with Crippen molar-refractivity contribution in [3.8, 4) is 11.1 Å². The van der Waals surface area contributed by atoms with Crippen molar-refractivity contribution in [2.24, 2.45) is 0 Å². The topological polar surface area (TPSA) is 93.0 Å². The number of halogens is 1. The number of aryl methyl sites for hydroxylation is 1. The number of imidazole rings is 1. The van der Waals surface area contributed by atoms with Crippen molar-refractivity contribution >= 4 is 22.8 Å². The summed E-state index contributed by atoms with van der Waals surface area (Å²) in [6.45, 7) is 10.3. The second-order valence-electron chi connectivity index (χ2n) is 9.81. The van der Waals surface area contributed by atoms with Gasteiger partial charge in [0.1, 0.15) is 17.5 Å². The summed E-state index contributed by atoms with van der Waals surface area (Å²) in [5.41, 5.74) is 4.07. The molecule has 194 valence electrons. The highest BCUT2D eigenvalue weighted by atomic mass is 19.1. The molecule has 1 aromatic carbocycles. The fraction of sp³-hybridized carbons (Fsp3) is 0.407. The van der Waals surface area contributed by atoms with E-state index in [-0.39, 0.29) is 12.1 Å². The third-order valence-corrected chi connectivity index (χ3v) is 6.47. The second-order valence-corrected chi connectivity index (χ2v) is 9.81. The van der Waals surface area contributed by atoms with Gasteiger partial charge in [0.15, 0.2) is 0 Å². The normalized spacial score (nSPS) is 16.1. The number of fused-ring (bicyclic) bond motifs is 1. The van der Waals surface area contributed by atoms with Crippen molar-refractivity contribution in [2.45, 2.75) is 39.5 Å². The van der Waals surface area contributed by atoms with E-state index in [9.17, 15) is 4.39 Å². The number of aromatic nitrogens is 5. The number of nitrogens with one attached hydrogen (secondary N) is 2. The van der Waals surface area contributed by atoms with Crippen LogP contribution >= 0.6 is 0 Å². The highest BCUT2D eigenvalue weighted by molar-refractivity contribution is 5.83. The van der Waals surface area contributed by atoms with Gasteiger partial charge in [0.25, 0.3) is 0 Å². The lowest BCUT2D eigenvalue weighted by Crippen LogP contribution is -2.44. The van der Waals surface area contributed by atoms with Gasteiger partial charge in [-0.3, -0.25) is 4.90 Å². The summed E-state index contributed by atoms with van der Waals surface area (Å²) in [7, 11) is 2.06. The first-order valence-corrected chi connectivity index (χ1v) is 12.6. The molecule has 4 aromatic rings. The van der Waals surface area contributed by atoms with Crippen molar-refractivity contribution in [3.63, 3.8) is 0 Å². The largest absolute Gasteiger partial charge is 0.374 e. The Bertz CT molecular complexity index is 1370. The molecule has 0 bridgehead atoms. The van der Waals surface area contributed by atoms with Crippen molar-refractivity contribution < 1.29 is 9.13 Å². The van der Waals surface area contributed by atoms with Gasteiger partial charge in [-0.1, -0.05) is 6.07 Å². The summed E-state index contributed by atoms with van der Waals surface area (Å²) in [6, 6.07) is 7.73. The van der Waals surface area contributed by atoms with Gasteiger partial charge < -0.3 is 19.9 Å². The number of nitrogens with zero attached hydrogens (tertiary/aromatic N) is 6. The van der Waals surface area contributed by atoms with Crippen LogP contribution in [0.3, 0.4) is 0 Å². The van der Waals surface area contributed by atoms with Crippen LogP contribution in [0.25, 0.3) is 22.2 Å². The molecule has 0 radical (unpaired) electrons. The first-order valence-electron chi connectivity index (χ1n) is 12.6. The molecule has 0 aliphatic carbocycles. The van der Waals surface area contributed by atoms with Gasteiger partial charge in [-0.2, -0.15) is 0 Å². The Labute approximate surface area is 216 Å². The Balaban J connectivity index is 1.29. The Kier molecular flexibility index (Phi) is 7.40. The maximum atomic E-state index is 14.8. The highest BCUT2D eigenvalue weighted by Gasteiger charge is 2.16. The van der Waals surface area contributed by atoms with Gasteiger partial charge in [0, 0.05) is 55.7 Å². The van der Waals surface area contributed by atoms with E-state index in [0.717, 1.165) is 54.2 Å². The average molecular weight is 505 g/mol. The predicted octanol–water partition coefficient (Wildman–Crippen LogP) is 4.08. The molecule has 9 nitrogen and oxygen atoms in total.